The Morgan fingerprint density at radius 3 is 2.64 bits per heavy atom. The van der Waals surface area contributed by atoms with Crippen molar-refractivity contribution in [3.8, 4) is 17.3 Å². The van der Waals surface area contributed by atoms with E-state index >= 15 is 0 Å². The fraction of sp³-hybridized carbons (Fsp3) is 0.382. The van der Waals surface area contributed by atoms with Gasteiger partial charge < -0.3 is 24.1 Å². The number of nitrogens with one attached hydrogen (secondary N) is 1. The second-order valence-electron chi connectivity index (χ2n) is 12.4. The first-order chi connectivity index (χ1) is 20.5. The van der Waals surface area contributed by atoms with E-state index in [1.54, 1.807) is 13.3 Å². The topological polar surface area (TPSA) is 77.2 Å². The molecule has 2 bridgehead atoms. The molecule has 1 amide bonds. The number of benzene rings is 2. The summed E-state index contributed by atoms with van der Waals surface area (Å²) in [6.07, 6.45) is 6.63. The quantitative estimate of drug-likeness (QED) is 0.242. The summed E-state index contributed by atoms with van der Waals surface area (Å²) in [4.78, 5) is 25.5. The maximum atomic E-state index is 13.8. The number of rotatable bonds is 7. The molecule has 42 heavy (non-hydrogen) atoms. The van der Waals surface area contributed by atoms with E-state index in [4.69, 9.17) is 9.72 Å². The summed E-state index contributed by atoms with van der Waals surface area (Å²) in [5, 5.41) is 4.70. The Hall–Kier alpha value is -4.33. The Morgan fingerprint density at radius 2 is 1.93 bits per heavy atom. The summed E-state index contributed by atoms with van der Waals surface area (Å²) in [7, 11) is 3.72. The Bertz CT molecular complexity index is 1840. The molecule has 0 radical (unpaired) electrons. The normalized spacial score (nSPS) is 21.5. The van der Waals surface area contributed by atoms with E-state index in [2.05, 4.69) is 55.5 Å². The van der Waals surface area contributed by atoms with E-state index in [9.17, 15) is 4.79 Å². The standard InChI is InChI=1S/C34H36N6O2/c1-20-23-12-13-27(20)40(19-23)34(41)24-15-26-32(29(17-24)42-3)38(2)33(37-26)28-16-22-7-6-8-25(36-30-9-4-5-14-35-30)31(22)39(28)18-21-10-11-21/h4-9,14-17,20-21,23,27H,10-13,18-19H2,1-3H3,(H,35,36)/t20-,23?,27?/m1/s1. The number of likely N-dealkylation sites (tertiary alicyclic amines) is 1. The zero-order valence-corrected chi connectivity index (χ0v) is 24.4. The van der Waals surface area contributed by atoms with Crippen LogP contribution in [0, 0.1) is 17.8 Å². The van der Waals surface area contributed by atoms with Crippen LogP contribution in [0.1, 0.15) is 43.0 Å². The highest BCUT2D eigenvalue weighted by molar-refractivity contribution is 6.01. The van der Waals surface area contributed by atoms with Gasteiger partial charge in [-0.3, -0.25) is 4.79 Å². The number of amides is 1. The zero-order valence-electron chi connectivity index (χ0n) is 24.4. The number of anilines is 2. The third-order valence-electron chi connectivity index (χ3n) is 9.89. The van der Waals surface area contributed by atoms with Gasteiger partial charge in [-0.1, -0.05) is 25.1 Å². The molecule has 8 heteroatoms. The first kappa shape index (κ1) is 25.4. The van der Waals surface area contributed by atoms with Crippen molar-refractivity contribution in [2.75, 3.05) is 19.0 Å². The molecule has 2 aromatic carbocycles. The molecule has 1 N–H and O–H groups in total. The number of para-hydroxylation sites is 1. The van der Waals surface area contributed by atoms with Crippen molar-refractivity contribution in [2.24, 2.45) is 24.8 Å². The number of ether oxygens (including phenoxy) is 1. The van der Waals surface area contributed by atoms with E-state index in [-0.39, 0.29) is 5.91 Å². The van der Waals surface area contributed by atoms with Crippen LogP contribution >= 0.6 is 0 Å². The molecule has 3 aromatic heterocycles. The summed E-state index contributed by atoms with van der Waals surface area (Å²) in [6, 6.07) is 18.7. The number of aromatic nitrogens is 4. The van der Waals surface area contributed by atoms with Gasteiger partial charge in [0.1, 0.15) is 17.1 Å². The van der Waals surface area contributed by atoms with Crippen molar-refractivity contribution in [2.45, 2.75) is 45.2 Å². The van der Waals surface area contributed by atoms with E-state index in [0.29, 0.717) is 35.1 Å². The number of imidazole rings is 1. The third kappa shape index (κ3) is 3.99. The van der Waals surface area contributed by atoms with Crippen molar-refractivity contribution in [1.29, 1.82) is 0 Å². The van der Waals surface area contributed by atoms with Gasteiger partial charge in [0, 0.05) is 43.3 Å². The van der Waals surface area contributed by atoms with Crippen molar-refractivity contribution in [1.82, 2.24) is 24.0 Å². The number of aryl methyl sites for hydroxylation is 1. The smallest absolute Gasteiger partial charge is 0.254 e. The third-order valence-corrected chi connectivity index (χ3v) is 9.89. The Kier molecular flexibility index (Phi) is 5.81. The molecule has 2 saturated carbocycles. The molecule has 4 heterocycles. The van der Waals surface area contributed by atoms with Crippen LogP contribution in [-0.4, -0.2) is 49.6 Å². The van der Waals surface area contributed by atoms with Crippen LogP contribution in [0.4, 0.5) is 11.5 Å². The molecule has 0 spiro atoms. The van der Waals surface area contributed by atoms with Gasteiger partial charge in [0.15, 0.2) is 5.82 Å². The van der Waals surface area contributed by atoms with Crippen LogP contribution in [0.3, 0.4) is 0 Å². The van der Waals surface area contributed by atoms with Crippen LogP contribution in [0.2, 0.25) is 0 Å². The van der Waals surface area contributed by atoms with Gasteiger partial charge in [0.25, 0.3) is 5.91 Å². The Balaban J connectivity index is 1.25. The van der Waals surface area contributed by atoms with Gasteiger partial charge in [-0.05, 0) is 79.8 Å². The van der Waals surface area contributed by atoms with Crippen LogP contribution in [0.5, 0.6) is 5.75 Å². The minimum Gasteiger partial charge on any atom is -0.494 e. The first-order valence-electron chi connectivity index (χ1n) is 15.2. The largest absolute Gasteiger partial charge is 0.494 e. The van der Waals surface area contributed by atoms with E-state index in [0.717, 1.165) is 64.5 Å². The molecule has 1 aliphatic heterocycles. The molecular weight excluding hydrogens is 524 g/mol. The van der Waals surface area contributed by atoms with Gasteiger partial charge in [-0.25, -0.2) is 9.97 Å². The number of pyridine rings is 1. The predicted octanol–water partition coefficient (Wildman–Crippen LogP) is 6.62. The summed E-state index contributed by atoms with van der Waals surface area (Å²) in [5.41, 5.74) is 5.57. The summed E-state index contributed by atoms with van der Waals surface area (Å²) >= 11 is 0. The van der Waals surface area contributed by atoms with Gasteiger partial charge in [0.05, 0.1) is 29.5 Å². The minimum atomic E-state index is 0.0922. The second-order valence-corrected chi connectivity index (χ2v) is 12.4. The number of nitrogens with zero attached hydrogens (tertiary/aromatic N) is 5. The lowest BCUT2D eigenvalue weighted by molar-refractivity contribution is 0.0696. The summed E-state index contributed by atoms with van der Waals surface area (Å²) in [5.74, 6) is 4.31. The fourth-order valence-electron chi connectivity index (χ4n) is 7.46. The lowest BCUT2D eigenvalue weighted by Crippen LogP contribution is -2.38. The van der Waals surface area contributed by atoms with Gasteiger partial charge in [0.2, 0.25) is 0 Å². The number of piperidine rings is 1. The molecule has 8 nitrogen and oxygen atoms in total. The maximum Gasteiger partial charge on any atom is 0.254 e. The number of hydrogen-bond acceptors (Lipinski definition) is 5. The number of hydrogen-bond donors (Lipinski definition) is 1. The van der Waals surface area contributed by atoms with Gasteiger partial charge in [-0.15, -0.1) is 0 Å². The molecule has 1 saturated heterocycles. The average Bonchev–Trinajstić information content (AvgIpc) is 3.39. The van der Waals surface area contributed by atoms with Crippen LogP contribution in [0.15, 0.2) is 60.8 Å². The lowest BCUT2D eigenvalue weighted by Gasteiger charge is -2.27. The highest BCUT2D eigenvalue weighted by Gasteiger charge is 2.46. The molecular formula is C34H36N6O2. The molecule has 3 aliphatic rings. The second kappa shape index (κ2) is 9.61. The van der Waals surface area contributed by atoms with Crippen LogP contribution in [-0.2, 0) is 13.6 Å². The van der Waals surface area contributed by atoms with E-state index in [1.165, 1.54) is 19.3 Å². The highest BCUT2D eigenvalue weighted by atomic mass is 16.5. The molecule has 8 rings (SSSR count). The average molecular weight is 561 g/mol. The van der Waals surface area contributed by atoms with Crippen molar-refractivity contribution >= 4 is 39.3 Å². The number of carbonyl (C=O) groups is 1. The molecule has 214 valence electrons. The van der Waals surface area contributed by atoms with Crippen molar-refractivity contribution < 1.29 is 9.53 Å². The molecule has 5 aromatic rings. The van der Waals surface area contributed by atoms with Crippen molar-refractivity contribution in [3.63, 3.8) is 0 Å². The molecule has 2 aliphatic carbocycles. The van der Waals surface area contributed by atoms with Gasteiger partial charge >= 0.3 is 0 Å². The lowest BCUT2D eigenvalue weighted by atomic mass is 10.0. The van der Waals surface area contributed by atoms with Gasteiger partial charge in [-0.2, -0.15) is 0 Å². The zero-order chi connectivity index (χ0) is 28.5. The molecule has 3 fully saturated rings. The number of carbonyl (C=O) groups excluding carboxylic acids is 1. The summed E-state index contributed by atoms with van der Waals surface area (Å²) < 4.78 is 10.4. The highest BCUT2D eigenvalue weighted by Crippen LogP contribution is 2.44. The predicted molar refractivity (Wildman–Crippen MR) is 165 cm³/mol. The SMILES string of the molecule is COc1cc(C(=O)N2CC3CCC2[C@@H]3C)cc2nc(-c3cc4cccc(Nc5ccccn5)c4n3CC3CC3)n(C)c12. The monoisotopic (exact) mass is 560 g/mol. The number of fused-ring (bicyclic) bond motifs is 4. The number of methoxy groups -OCH3 is 1. The molecule has 3 atom stereocenters. The summed E-state index contributed by atoms with van der Waals surface area (Å²) in [6.45, 7) is 4.08. The maximum absolute atomic E-state index is 13.8. The van der Waals surface area contributed by atoms with E-state index < -0.39 is 0 Å². The van der Waals surface area contributed by atoms with Crippen molar-refractivity contribution in [3.05, 3.63) is 66.4 Å². The van der Waals surface area contributed by atoms with Crippen LogP contribution < -0.4 is 10.1 Å². The minimum absolute atomic E-state index is 0.0922. The fourth-order valence-corrected chi connectivity index (χ4v) is 7.46. The van der Waals surface area contributed by atoms with E-state index in [1.807, 2.05) is 37.4 Å². The molecule has 2 unspecified atom stereocenters. The first-order valence-corrected chi connectivity index (χ1v) is 15.2. The Labute approximate surface area is 245 Å². The Morgan fingerprint density at radius 1 is 1.05 bits per heavy atom. The van der Waals surface area contributed by atoms with Crippen LogP contribution in [0.25, 0.3) is 33.5 Å².